The Morgan fingerprint density at radius 3 is 2.30 bits per heavy atom. The van der Waals surface area contributed by atoms with Crippen LogP contribution in [-0.4, -0.2) is 62.7 Å². The van der Waals surface area contributed by atoms with Crippen LogP contribution >= 0.6 is 23.2 Å². The third-order valence-corrected chi connectivity index (χ3v) is 7.63. The van der Waals surface area contributed by atoms with E-state index in [1.54, 1.807) is 0 Å². The maximum atomic E-state index is 6.47. The van der Waals surface area contributed by atoms with E-state index in [2.05, 4.69) is 93.8 Å². The molecule has 0 spiro atoms. The van der Waals surface area contributed by atoms with Gasteiger partial charge in [-0.15, -0.1) is 5.10 Å². The maximum absolute atomic E-state index is 6.47. The minimum Gasteiger partial charge on any atom is -0.297 e. The van der Waals surface area contributed by atoms with Gasteiger partial charge in [0.1, 0.15) is 0 Å². The van der Waals surface area contributed by atoms with Gasteiger partial charge in [0.15, 0.2) is 5.82 Å². The monoisotopic (exact) mass is 532 g/mol. The fourth-order valence-electron chi connectivity index (χ4n) is 4.98. The molecule has 6 nitrogen and oxygen atoms in total. The first-order valence-electron chi connectivity index (χ1n) is 12.5. The highest BCUT2D eigenvalue weighted by atomic mass is 35.5. The van der Waals surface area contributed by atoms with Gasteiger partial charge in [0, 0.05) is 32.7 Å². The topological polar surface area (TPSA) is 50.1 Å². The standard InChI is InChI=1S/C29H30Cl2N6/c1-21-8-6-9-22(2)27(21)37-29(32-33-34-37)28(24-13-14-25(30)26(31)20-24)36-18-16-35(17-19-36)15-7-12-23-10-4-3-5-11-23/h3-14,20,28H,15-19H2,1-2H3/b12-7+. The van der Waals surface area contributed by atoms with Gasteiger partial charge >= 0.3 is 0 Å². The Morgan fingerprint density at radius 2 is 1.59 bits per heavy atom. The van der Waals surface area contributed by atoms with E-state index >= 15 is 0 Å². The van der Waals surface area contributed by atoms with Crippen LogP contribution in [0.1, 0.15) is 34.1 Å². The molecule has 0 amide bonds. The molecular weight excluding hydrogens is 503 g/mol. The van der Waals surface area contributed by atoms with Crippen molar-refractivity contribution in [2.75, 3.05) is 32.7 Å². The van der Waals surface area contributed by atoms with Crippen molar-refractivity contribution in [1.82, 2.24) is 30.0 Å². The second-order valence-corrected chi connectivity index (χ2v) is 10.2. The smallest absolute Gasteiger partial charge is 0.178 e. The number of rotatable bonds is 7. The molecule has 0 radical (unpaired) electrons. The molecule has 1 unspecified atom stereocenters. The lowest BCUT2D eigenvalue weighted by molar-refractivity contribution is 0.113. The normalized spacial score (nSPS) is 15.9. The summed E-state index contributed by atoms with van der Waals surface area (Å²) in [5.41, 5.74) is 5.50. The maximum Gasteiger partial charge on any atom is 0.178 e. The molecule has 0 saturated carbocycles. The van der Waals surface area contributed by atoms with Crippen LogP contribution in [-0.2, 0) is 0 Å². The van der Waals surface area contributed by atoms with Crippen molar-refractivity contribution >= 4 is 29.3 Å². The Kier molecular flexibility index (Phi) is 8.01. The SMILES string of the molecule is Cc1cccc(C)c1-n1nnnc1C(c1ccc(Cl)c(Cl)c1)N1CCN(C/C=C/c2ccccc2)CC1. The van der Waals surface area contributed by atoms with Crippen LogP contribution in [0, 0.1) is 13.8 Å². The van der Waals surface area contributed by atoms with Gasteiger partial charge in [-0.3, -0.25) is 9.80 Å². The minimum absolute atomic E-state index is 0.161. The molecule has 1 aromatic heterocycles. The lowest BCUT2D eigenvalue weighted by Gasteiger charge is -2.38. The zero-order valence-corrected chi connectivity index (χ0v) is 22.6. The van der Waals surface area contributed by atoms with Gasteiger partial charge < -0.3 is 0 Å². The largest absolute Gasteiger partial charge is 0.297 e. The molecule has 37 heavy (non-hydrogen) atoms. The highest BCUT2D eigenvalue weighted by molar-refractivity contribution is 6.42. The highest BCUT2D eigenvalue weighted by Crippen LogP contribution is 2.34. The second kappa shape index (κ2) is 11.6. The Morgan fingerprint density at radius 1 is 0.865 bits per heavy atom. The molecule has 0 N–H and O–H groups in total. The molecule has 0 aliphatic carbocycles. The van der Waals surface area contributed by atoms with Gasteiger partial charge in [-0.2, -0.15) is 4.68 Å². The Labute approximate surface area is 228 Å². The number of hydrogen-bond donors (Lipinski definition) is 0. The summed E-state index contributed by atoms with van der Waals surface area (Å²) in [6.45, 7) is 8.74. The van der Waals surface area contributed by atoms with Gasteiger partial charge in [0.05, 0.1) is 21.8 Å². The fraction of sp³-hybridized carbons (Fsp3) is 0.276. The number of tetrazole rings is 1. The molecular formula is C29H30Cl2N6. The molecule has 190 valence electrons. The fourth-order valence-corrected chi connectivity index (χ4v) is 5.28. The van der Waals surface area contributed by atoms with Crippen LogP contribution in [0.4, 0.5) is 0 Å². The average molecular weight is 534 g/mol. The summed E-state index contributed by atoms with van der Waals surface area (Å²) >= 11 is 12.7. The summed E-state index contributed by atoms with van der Waals surface area (Å²) in [6.07, 6.45) is 4.42. The van der Waals surface area contributed by atoms with Crippen molar-refractivity contribution < 1.29 is 0 Å². The number of benzene rings is 3. The van der Waals surface area contributed by atoms with E-state index in [-0.39, 0.29) is 6.04 Å². The molecule has 2 heterocycles. The van der Waals surface area contributed by atoms with Crippen molar-refractivity contribution in [3.8, 4) is 5.69 Å². The molecule has 1 aliphatic heterocycles. The molecule has 0 bridgehead atoms. The number of aryl methyl sites for hydroxylation is 2. The van der Waals surface area contributed by atoms with Crippen molar-refractivity contribution in [3.63, 3.8) is 0 Å². The predicted octanol–water partition coefficient (Wildman–Crippen LogP) is 6.01. The van der Waals surface area contributed by atoms with Crippen LogP contribution in [0.3, 0.4) is 0 Å². The van der Waals surface area contributed by atoms with Crippen molar-refractivity contribution in [1.29, 1.82) is 0 Å². The third kappa shape index (κ3) is 5.78. The molecule has 1 fully saturated rings. The number of hydrogen-bond acceptors (Lipinski definition) is 5. The number of nitrogens with zero attached hydrogens (tertiary/aromatic N) is 6. The van der Waals surface area contributed by atoms with Crippen LogP contribution in [0.2, 0.25) is 10.0 Å². The van der Waals surface area contributed by atoms with Crippen LogP contribution in [0.5, 0.6) is 0 Å². The van der Waals surface area contributed by atoms with Crippen molar-refractivity contribution in [3.05, 3.63) is 111 Å². The summed E-state index contributed by atoms with van der Waals surface area (Å²) in [6, 6.07) is 22.3. The Hall–Kier alpha value is -3.03. The lowest BCUT2D eigenvalue weighted by Crippen LogP contribution is -2.48. The third-order valence-electron chi connectivity index (χ3n) is 6.89. The van der Waals surface area contributed by atoms with Gasteiger partial charge in [-0.1, -0.05) is 90.0 Å². The lowest BCUT2D eigenvalue weighted by atomic mass is 10.0. The first-order valence-corrected chi connectivity index (χ1v) is 13.2. The molecule has 4 aromatic rings. The molecule has 1 atom stereocenters. The molecule has 1 aliphatic rings. The Bertz CT molecular complexity index is 1360. The molecule has 1 saturated heterocycles. The molecule has 5 rings (SSSR count). The van der Waals surface area contributed by atoms with Crippen LogP contribution < -0.4 is 0 Å². The number of piperazine rings is 1. The zero-order chi connectivity index (χ0) is 25.8. The van der Waals surface area contributed by atoms with E-state index in [9.17, 15) is 0 Å². The van der Waals surface area contributed by atoms with Gasteiger partial charge in [-0.25, -0.2) is 0 Å². The van der Waals surface area contributed by atoms with E-state index in [4.69, 9.17) is 23.2 Å². The van der Waals surface area contributed by atoms with Crippen LogP contribution in [0.25, 0.3) is 11.8 Å². The van der Waals surface area contributed by atoms with E-state index < -0.39 is 0 Å². The van der Waals surface area contributed by atoms with E-state index in [0.717, 1.165) is 60.9 Å². The number of aromatic nitrogens is 4. The number of para-hydroxylation sites is 1. The summed E-state index contributed by atoms with van der Waals surface area (Å²) < 4.78 is 1.88. The van der Waals surface area contributed by atoms with E-state index in [1.165, 1.54) is 5.56 Å². The first-order chi connectivity index (χ1) is 18.0. The molecule has 3 aromatic carbocycles. The second-order valence-electron chi connectivity index (χ2n) is 9.42. The first kappa shape index (κ1) is 25.6. The summed E-state index contributed by atoms with van der Waals surface area (Å²) in [4.78, 5) is 4.91. The quantitative estimate of drug-likeness (QED) is 0.292. The highest BCUT2D eigenvalue weighted by Gasteiger charge is 2.31. The van der Waals surface area contributed by atoms with Crippen molar-refractivity contribution in [2.24, 2.45) is 0 Å². The Balaban J connectivity index is 1.41. The average Bonchev–Trinajstić information content (AvgIpc) is 3.36. The van der Waals surface area contributed by atoms with Gasteiger partial charge in [0.2, 0.25) is 0 Å². The predicted molar refractivity (Wildman–Crippen MR) is 150 cm³/mol. The van der Waals surface area contributed by atoms with Gasteiger partial charge in [-0.05, 0) is 58.7 Å². The van der Waals surface area contributed by atoms with Gasteiger partial charge in [0.25, 0.3) is 0 Å². The van der Waals surface area contributed by atoms with Crippen molar-refractivity contribution in [2.45, 2.75) is 19.9 Å². The summed E-state index contributed by atoms with van der Waals surface area (Å²) in [5, 5.41) is 14.1. The van der Waals surface area contributed by atoms with Crippen LogP contribution in [0.15, 0.2) is 72.8 Å². The molecule has 8 heteroatoms. The minimum atomic E-state index is -0.161. The summed E-state index contributed by atoms with van der Waals surface area (Å²) in [5.74, 6) is 0.771. The number of halogens is 2. The zero-order valence-electron chi connectivity index (χ0n) is 21.1. The van der Waals surface area contributed by atoms with E-state index in [1.807, 2.05) is 28.9 Å². The summed E-state index contributed by atoms with van der Waals surface area (Å²) in [7, 11) is 0. The van der Waals surface area contributed by atoms with E-state index in [0.29, 0.717) is 10.0 Å².